The van der Waals surface area contributed by atoms with Crippen LogP contribution in [0.4, 0.5) is 4.39 Å². The first kappa shape index (κ1) is 16.5. The minimum atomic E-state index is -1.05. The largest absolute Gasteiger partial charge is 0.386 e. The summed E-state index contributed by atoms with van der Waals surface area (Å²) >= 11 is 5.79. The number of aliphatic hydroxyl groups excluding tert-OH is 1. The molecular formula is C17H17ClFNO2. The average Bonchev–Trinajstić information content (AvgIpc) is 2.52. The lowest BCUT2D eigenvalue weighted by Crippen LogP contribution is -2.28. The number of amides is 1. The Morgan fingerprint density at radius 2 is 1.86 bits per heavy atom. The van der Waals surface area contributed by atoms with E-state index in [9.17, 15) is 14.3 Å². The van der Waals surface area contributed by atoms with E-state index < -0.39 is 11.9 Å². The molecule has 0 fully saturated rings. The van der Waals surface area contributed by atoms with Crippen molar-refractivity contribution in [3.05, 3.63) is 70.5 Å². The molecule has 2 rings (SSSR count). The van der Waals surface area contributed by atoms with Gasteiger partial charge in [-0.2, -0.15) is 0 Å². The molecule has 1 unspecified atom stereocenters. The van der Waals surface area contributed by atoms with Crippen molar-refractivity contribution >= 4 is 17.5 Å². The number of hydrogen-bond donors (Lipinski definition) is 2. The van der Waals surface area contributed by atoms with E-state index >= 15 is 0 Å². The zero-order valence-electron chi connectivity index (χ0n) is 11.9. The number of hydrogen-bond acceptors (Lipinski definition) is 2. The third-order valence-corrected chi connectivity index (χ3v) is 3.56. The zero-order chi connectivity index (χ0) is 15.9. The Balaban J connectivity index is 1.78. The van der Waals surface area contributed by atoms with Crippen molar-refractivity contribution in [1.82, 2.24) is 5.32 Å². The second kappa shape index (κ2) is 7.92. The van der Waals surface area contributed by atoms with Gasteiger partial charge in [0.25, 0.3) is 0 Å². The Hall–Kier alpha value is -1.91. The van der Waals surface area contributed by atoms with Crippen LogP contribution in [0.5, 0.6) is 0 Å². The fraction of sp³-hybridized carbons (Fsp3) is 0.235. The first-order valence-corrected chi connectivity index (χ1v) is 7.37. The van der Waals surface area contributed by atoms with Crippen molar-refractivity contribution in [3.8, 4) is 0 Å². The summed E-state index contributed by atoms with van der Waals surface area (Å²) in [5.74, 6) is -0.671. The molecule has 0 radical (unpaired) electrons. The fourth-order valence-corrected chi connectivity index (χ4v) is 2.19. The lowest BCUT2D eigenvalue weighted by atomic mass is 10.1. The third kappa shape index (κ3) is 4.83. The van der Waals surface area contributed by atoms with Gasteiger partial charge in [0.05, 0.1) is 6.10 Å². The second-order valence-electron chi connectivity index (χ2n) is 4.97. The molecule has 0 saturated heterocycles. The van der Waals surface area contributed by atoms with E-state index in [-0.39, 0.29) is 18.0 Å². The Morgan fingerprint density at radius 3 is 2.55 bits per heavy atom. The third-order valence-electron chi connectivity index (χ3n) is 3.31. The van der Waals surface area contributed by atoms with Crippen LogP contribution < -0.4 is 5.32 Å². The van der Waals surface area contributed by atoms with Crippen LogP contribution >= 0.6 is 11.6 Å². The molecular weight excluding hydrogens is 305 g/mol. The van der Waals surface area contributed by atoms with Crippen LogP contribution in [0, 0.1) is 5.82 Å². The number of carbonyl (C=O) groups is 1. The van der Waals surface area contributed by atoms with E-state index in [0.29, 0.717) is 17.9 Å². The first-order chi connectivity index (χ1) is 10.6. The molecule has 0 aliphatic rings. The number of aliphatic hydroxyl groups is 1. The Bertz CT molecular complexity index is 631. The molecule has 0 bridgehead atoms. The van der Waals surface area contributed by atoms with Gasteiger partial charge in [-0.05, 0) is 30.2 Å². The quantitative estimate of drug-likeness (QED) is 0.858. The van der Waals surface area contributed by atoms with Gasteiger partial charge in [-0.15, -0.1) is 0 Å². The van der Waals surface area contributed by atoms with Crippen molar-refractivity contribution in [2.24, 2.45) is 0 Å². The molecule has 0 aromatic heterocycles. The maximum atomic E-state index is 13.5. The fourth-order valence-electron chi connectivity index (χ4n) is 2.06. The van der Waals surface area contributed by atoms with Crippen molar-refractivity contribution in [1.29, 1.82) is 0 Å². The second-order valence-corrected chi connectivity index (χ2v) is 5.40. The monoisotopic (exact) mass is 321 g/mol. The minimum absolute atomic E-state index is 0.0135. The van der Waals surface area contributed by atoms with Gasteiger partial charge >= 0.3 is 0 Å². The van der Waals surface area contributed by atoms with Crippen LogP contribution in [0.2, 0.25) is 5.02 Å². The van der Waals surface area contributed by atoms with Crippen LogP contribution in [-0.2, 0) is 11.2 Å². The van der Waals surface area contributed by atoms with E-state index in [0.717, 1.165) is 5.56 Å². The van der Waals surface area contributed by atoms with E-state index in [1.165, 1.54) is 12.1 Å². The van der Waals surface area contributed by atoms with E-state index in [1.54, 1.807) is 24.3 Å². The van der Waals surface area contributed by atoms with Crippen LogP contribution in [-0.4, -0.2) is 17.6 Å². The van der Waals surface area contributed by atoms with Gasteiger partial charge in [0.2, 0.25) is 5.91 Å². The summed E-state index contributed by atoms with van der Waals surface area (Å²) in [4.78, 5) is 11.8. The molecule has 3 nitrogen and oxygen atoms in total. The molecule has 0 saturated carbocycles. The van der Waals surface area contributed by atoms with Gasteiger partial charge in [-0.25, -0.2) is 4.39 Å². The normalized spacial score (nSPS) is 12.0. The highest BCUT2D eigenvalue weighted by Gasteiger charge is 2.13. The van der Waals surface area contributed by atoms with Gasteiger partial charge in [-0.1, -0.05) is 41.9 Å². The SMILES string of the molecule is O=C(CCc1ccc(Cl)cc1)NCC(O)c1ccccc1F. The number of rotatable bonds is 6. The lowest BCUT2D eigenvalue weighted by molar-refractivity contribution is -0.121. The van der Waals surface area contributed by atoms with E-state index in [2.05, 4.69) is 5.32 Å². The zero-order valence-corrected chi connectivity index (χ0v) is 12.7. The van der Waals surface area contributed by atoms with Crippen LogP contribution in [0.3, 0.4) is 0 Å². The molecule has 1 amide bonds. The number of aryl methyl sites for hydroxylation is 1. The standard InChI is InChI=1S/C17H17ClFNO2/c18-13-8-5-12(6-9-13)7-10-17(22)20-11-16(21)14-3-1-2-4-15(14)19/h1-6,8-9,16,21H,7,10-11H2,(H,20,22). The predicted molar refractivity (Wildman–Crippen MR) is 84.1 cm³/mol. The molecule has 1 atom stereocenters. The topological polar surface area (TPSA) is 49.3 Å². The molecule has 0 spiro atoms. The number of carbonyl (C=O) groups excluding carboxylic acids is 1. The number of benzene rings is 2. The molecule has 2 N–H and O–H groups in total. The van der Waals surface area contributed by atoms with Crippen LogP contribution in [0.25, 0.3) is 0 Å². The highest BCUT2D eigenvalue weighted by atomic mass is 35.5. The van der Waals surface area contributed by atoms with Crippen LogP contribution in [0.15, 0.2) is 48.5 Å². The Morgan fingerprint density at radius 1 is 1.18 bits per heavy atom. The Kier molecular flexibility index (Phi) is 5.92. The summed E-state index contributed by atoms with van der Waals surface area (Å²) in [6, 6.07) is 13.3. The number of halogens is 2. The molecule has 0 aliphatic heterocycles. The van der Waals surface area contributed by atoms with Gasteiger partial charge in [0.15, 0.2) is 0 Å². The summed E-state index contributed by atoms with van der Waals surface area (Å²) in [5, 5.41) is 13.2. The van der Waals surface area contributed by atoms with Crippen molar-refractivity contribution in [2.45, 2.75) is 18.9 Å². The highest BCUT2D eigenvalue weighted by molar-refractivity contribution is 6.30. The van der Waals surface area contributed by atoms with Gasteiger partial charge in [0, 0.05) is 23.6 Å². The maximum Gasteiger partial charge on any atom is 0.220 e. The van der Waals surface area contributed by atoms with Crippen molar-refractivity contribution in [3.63, 3.8) is 0 Å². The smallest absolute Gasteiger partial charge is 0.220 e. The first-order valence-electron chi connectivity index (χ1n) is 7.00. The van der Waals surface area contributed by atoms with E-state index in [1.807, 2.05) is 12.1 Å². The predicted octanol–water partition coefficient (Wildman–Crippen LogP) is 3.26. The van der Waals surface area contributed by atoms with Crippen molar-refractivity contribution < 1.29 is 14.3 Å². The molecule has 22 heavy (non-hydrogen) atoms. The van der Waals surface area contributed by atoms with E-state index in [4.69, 9.17) is 11.6 Å². The molecule has 0 heterocycles. The van der Waals surface area contributed by atoms with Gasteiger partial charge in [0.1, 0.15) is 5.82 Å². The average molecular weight is 322 g/mol. The molecule has 0 aliphatic carbocycles. The van der Waals surface area contributed by atoms with Gasteiger partial charge in [-0.3, -0.25) is 4.79 Å². The summed E-state index contributed by atoms with van der Waals surface area (Å²) < 4.78 is 13.5. The number of nitrogens with one attached hydrogen (secondary N) is 1. The summed E-state index contributed by atoms with van der Waals surface area (Å²) in [7, 11) is 0. The lowest BCUT2D eigenvalue weighted by Gasteiger charge is -2.13. The molecule has 2 aromatic carbocycles. The molecule has 116 valence electrons. The molecule has 2 aromatic rings. The summed E-state index contributed by atoms with van der Waals surface area (Å²) in [6.45, 7) is -0.0135. The van der Waals surface area contributed by atoms with Crippen LogP contribution in [0.1, 0.15) is 23.7 Å². The highest BCUT2D eigenvalue weighted by Crippen LogP contribution is 2.15. The minimum Gasteiger partial charge on any atom is -0.386 e. The van der Waals surface area contributed by atoms with Crippen molar-refractivity contribution in [2.75, 3.05) is 6.54 Å². The Labute approximate surface area is 133 Å². The summed E-state index contributed by atoms with van der Waals surface area (Å²) in [6.07, 6.45) is -0.176. The summed E-state index contributed by atoms with van der Waals surface area (Å²) in [5.41, 5.74) is 1.19. The maximum absolute atomic E-state index is 13.5. The van der Waals surface area contributed by atoms with Gasteiger partial charge < -0.3 is 10.4 Å². The molecule has 5 heteroatoms.